The van der Waals surface area contributed by atoms with Crippen LogP contribution in [0.2, 0.25) is 0 Å². The van der Waals surface area contributed by atoms with Crippen LogP contribution in [0, 0.1) is 0 Å². The monoisotopic (exact) mass is 246 g/mol. The first-order valence-electron chi connectivity index (χ1n) is 4.17. The number of hydrogen-bond donors (Lipinski definition) is 1. The van der Waals surface area contributed by atoms with Gasteiger partial charge in [0, 0.05) is 5.75 Å². The zero-order chi connectivity index (χ0) is 12.1. The van der Waals surface area contributed by atoms with Crippen LogP contribution in [0.25, 0.3) is 0 Å². The quantitative estimate of drug-likeness (QED) is 0.729. The van der Waals surface area contributed by atoms with E-state index in [4.69, 9.17) is 5.11 Å². The van der Waals surface area contributed by atoms with E-state index in [9.17, 15) is 18.0 Å². The Morgan fingerprint density at radius 1 is 1.40 bits per heavy atom. The Kier molecular flexibility index (Phi) is 5.44. The first kappa shape index (κ1) is 14.6. The summed E-state index contributed by atoms with van der Waals surface area (Å²) < 4.78 is 38.2. The van der Waals surface area contributed by atoms with Crippen molar-refractivity contribution >= 4 is 17.7 Å². The average Bonchev–Trinajstić information content (AvgIpc) is 2.00. The Bertz CT molecular complexity index is 216. The SMILES string of the molecule is CC(C)(SCCOCC(F)(F)F)C(=O)O. The summed E-state index contributed by atoms with van der Waals surface area (Å²) in [7, 11) is 0. The summed E-state index contributed by atoms with van der Waals surface area (Å²) in [6.07, 6.45) is -4.33. The highest BCUT2D eigenvalue weighted by Gasteiger charge is 2.29. The molecule has 7 heteroatoms. The fraction of sp³-hybridized carbons (Fsp3) is 0.875. The van der Waals surface area contributed by atoms with Crippen molar-refractivity contribution in [3.05, 3.63) is 0 Å². The van der Waals surface area contributed by atoms with Crippen molar-refractivity contribution in [2.24, 2.45) is 0 Å². The molecule has 90 valence electrons. The maximum absolute atomic E-state index is 11.6. The maximum atomic E-state index is 11.6. The van der Waals surface area contributed by atoms with E-state index in [0.29, 0.717) is 0 Å². The standard InChI is InChI=1S/C8H13F3O3S/c1-7(2,6(12)13)15-4-3-14-5-8(9,10)11/h3-5H2,1-2H3,(H,12,13). The lowest BCUT2D eigenvalue weighted by Gasteiger charge is -2.18. The summed E-state index contributed by atoms with van der Waals surface area (Å²) in [4.78, 5) is 10.6. The van der Waals surface area contributed by atoms with Gasteiger partial charge in [-0.1, -0.05) is 0 Å². The van der Waals surface area contributed by atoms with Crippen molar-refractivity contribution in [3.8, 4) is 0 Å². The van der Waals surface area contributed by atoms with Gasteiger partial charge in [0.25, 0.3) is 0 Å². The van der Waals surface area contributed by atoms with Gasteiger partial charge in [-0.15, -0.1) is 11.8 Å². The normalized spacial score (nSPS) is 12.9. The van der Waals surface area contributed by atoms with Gasteiger partial charge in [-0.3, -0.25) is 4.79 Å². The Balaban J connectivity index is 3.60. The van der Waals surface area contributed by atoms with E-state index < -0.39 is 23.5 Å². The zero-order valence-electron chi connectivity index (χ0n) is 8.43. The molecule has 1 N–H and O–H groups in total. The van der Waals surface area contributed by atoms with E-state index in [-0.39, 0.29) is 12.4 Å². The molecule has 0 unspecified atom stereocenters. The smallest absolute Gasteiger partial charge is 0.411 e. The largest absolute Gasteiger partial charge is 0.480 e. The highest BCUT2D eigenvalue weighted by molar-refractivity contribution is 8.01. The van der Waals surface area contributed by atoms with Gasteiger partial charge in [-0.05, 0) is 13.8 Å². The number of carbonyl (C=O) groups is 1. The summed E-state index contributed by atoms with van der Waals surface area (Å²) in [5, 5.41) is 8.69. The molecular formula is C8H13F3O3S. The molecule has 0 aliphatic carbocycles. The third-order valence-electron chi connectivity index (χ3n) is 1.47. The second kappa shape index (κ2) is 5.60. The zero-order valence-corrected chi connectivity index (χ0v) is 9.24. The lowest BCUT2D eigenvalue weighted by molar-refractivity contribution is -0.172. The fourth-order valence-corrected chi connectivity index (χ4v) is 1.44. The van der Waals surface area contributed by atoms with Gasteiger partial charge in [0.1, 0.15) is 11.4 Å². The van der Waals surface area contributed by atoms with E-state index in [0.717, 1.165) is 11.8 Å². The molecule has 0 saturated heterocycles. The topological polar surface area (TPSA) is 46.5 Å². The molecular weight excluding hydrogens is 233 g/mol. The highest BCUT2D eigenvalue weighted by atomic mass is 32.2. The summed E-state index contributed by atoms with van der Waals surface area (Å²) in [5.41, 5.74) is 0. The molecule has 0 amide bonds. The molecule has 0 aromatic heterocycles. The number of alkyl halides is 3. The highest BCUT2D eigenvalue weighted by Crippen LogP contribution is 2.24. The van der Waals surface area contributed by atoms with Gasteiger partial charge in [0.05, 0.1) is 6.61 Å². The molecule has 3 nitrogen and oxygen atoms in total. The molecule has 15 heavy (non-hydrogen) atoms. The third-order valence-corrected chi connectivity index (χ3v) is 2.74. The molecule has 0 radical (unpaired) electrons. The molecule has 0 rings (SSSR count). The fourth-order valence-electron chi connectivity index (χ4n) is 0.605. The molecule has 0 heterocycles. The van der Waals surface area contributed by atoms with E-state index in [1.165, 1.54) is 13.8 Å². The molecule has 0 bridgehead atoms. The molecule has 0 aromatic carbocycles. The van der Waals surface area contributed by atoms with Gasteiger partial charge >= 0.3 is 12.1 Å². The summed E-state index contributed by atoms with van der Waals surface area (Å²) in [6, 6.07) is 0. The summed E-state index contributed by atoms with van der Waals surface area (Å²) in [6.45, 7) is 1.58. The van der Waals surface area contributed by atoms with Crippen molar-refractivity contribution in [3.63, 3.8) is 0 Å². The van der Waals surface area contributed by atoms with E-state index >= 15 is 0 Å². The molecule has 0 aromatic rings. The lowest BCUT2D eigenvalue weighted by atomic mass is 10.2. The van der Waals surface area contributed by atoms with Gasteiger partial charge in [-0.2, -0.15) is 13.2 Å². The van der Waals surface area contributed by atoms with Gasteiger partial charge in [-0.25, -0.2) is 0 Å². The third kappa shape index (κ3) is 7.49. The number of aliphatic carboxylic acids is 1. The number of carboxylic acid groups (broad SMARTS) is 1. The van der Waals surface area contributed by atoms with Crippen LogP contribution in [-0.2, 0) is 9.53 Å². The van der Waals surface area contributed by atoms with Crippen LogP contribution in [-0.4, -0.2) is 41.0 Å². The second-order valence-corrected chi connectivity index (χ2v) is 5.05. The number of ether oxygens (including phenoxy) is 1. The molecule has 0 saturated carbocycles. The predicted octanol–water partition coefficient (Wildman–Crippen LogP) is 2.16. The van der Waals surface area contributed by atoms with Crippen LogP contribution in [0.4, 0.5) is 13.2 Å². The van der Waals surface area contributed by atoms with Crippen LogP contribution in [0.3, 0.4) is 0 Å². The lowest BCUT2D eigenvalue weighted by Crippen LogP contribution is -2.28. The van der Waals surface area contributed by atoms with Crippen molar-refractivity contribution in [2.75, 3.05) is 19.0 Å². The minimum absolute atomic E-state index is 0.110. The number of thioether (sulfide) groups is 1. The van der Waals surface area contributed by atoms with Gasteiger partial charge < -0.3 is 9.84 Å². The molecule has 0 aliphatic rings. The molecule has 0 fully saturated rings. The van der Waals surface area contributed by atoms with Gasteiger partial charge in [0.15, 0.2) is 0 Å². The second-order valence-electron chi connectivity index (χ2n) is 3.33. The van der Waals surface area contributed by atoms with Crippen molar-refractivity contribution < 1.29 is 27.8 Å². The number of rotatable bonds is 6. The van der Waals surface area contributed by atoms with Crippen LogP contribution in [0.1, 0.15) is 13.8 Å². The van der Waals surface area contributed by atoms with Crippen LogP contribution >= 0.6 is 11.8 Å². The Labute approximate surface area is 90.0 Å². The van der Waals surface area contributed by atoms with E-state index in [1.54, 1.807) is 0 Å². The van der Waals surface area contributed by atoms with Crippen LogP contribution in [0.5, 0.6) is 0 Å². The summed E-state index contributed by atoms with van der Waals surface area (Å²) >= 11 is 1.05. The Hall–Kier alpha value is -0.430. The van der Waals surface area contributed by atoms with E-state index in [2.05, 4.69) is 4.74 Å². The van der Waals surface area contributed by atoms with E-state index in [1.807, 2.05) is 0 Å². The van der Waals surface area contributed by atoms with Crippen molar-refractivity contribution in [2.45, 2.75) is 24.8 Å². The summed E-state index contributed by atoms with van der Waals surface area (Å²) in [5.74, 6) is -0.779. The van der Waals surface area contributed by atoms with Crippen molar-refractivity contribution in [1.82, 2.24) is 0 Å². The minimum Gasteiger partial charge on any atom is -0.480 e. The van der Waals surface area contributed by atoms with Crippen LogP contribution < -0.4 is 0 Å². The minimum atomic E-state index is -4.33. The Morgan fingerprint density at radius 3 is 2.33 bits per heavy atom. The maximum Gasteiger partial charge on any atom is 0.411 e. The van der Waals surface area contributed by atoms with Crippen molar-refractivity contribution in [1.29, 1.82) is 0 Å². The first-order valence-corrected chi connectivity index (χ1v) is 5.15. The number of halogens is 3. The first-order chi connectivity index (χ1) is 6.65. The predicted molar refractivity (Wildman–Crippen MR) is 51.0 cm³/mol. The van der Waals surface area contributed by atoms with Gasteiger partial charge in [0.2, 0.25) is 0 Å². The average molecular weight is 246 g/mol. The van der Waals surface area contributed by atoms with Crippen LogP contribution in [0.15, 0.2) is 0 Å². The molecule has 0 atom stereocenters. The Morgan fingerprint density at radius 2 is 1.93 bits per heavy atom. The molecule has 0 spiro atoms. The number of hydrogen-bond acceptors (Lipinski definition) is 3. The number of carboxylic acids is 1. The molecule has 0 aliphatic heterocycles.